The van der Waals surface area contributed by atoms with E-state index in [1.54, 1.807) is 0 Å². The first-order valence-corrected chi connectivity index (χ1v) is 14.3. The van der Waals surface area contributed by atoms with Crippen molar-refractivity contribution in [2.24, 2.45) is 4.99 Å². The monoisotopic (exact) mass is 608 g/mol. The number of nitrogens with one attached hydrogen (secondary N) is 1. The van der Waals surface area contributed by atoms with Crippen LogP contribution < -0.4 is 15.0 Å². The summed E-state index contributed by atoms with van der Waals surface area (Å²) in [5, 5.41) is 7.68. The number of benzene rings is 3. The minimum absolute atomic E-state index is 0.129. The molecule has 0 unspecified atom stereocenters. The molecular formula is C30H27F3N6O3S. The predicted octanol–water partition coefficient (Wildman–Crippen LogP) is 6.48. The van der Waals surface area contributed by atoms with Gasteiger partial charge in [0.1, 0.15) is 12.1 Å². The first-order valence-electron chi connectivity index (χ1n) is 13.3. The van der Waals surface area contributed by atoms with E-state index in [4.69, 9.17) is 0 Å². The molecule has 1 fully saturated rings. The number of halogens is 3. The van der Waals surface area contributed by atoms with Crippen molar-refractivity contribution in [2.75, 3.05) is 10.7 Å². The number of ether oxygens (including phenoxy) is 1. The molecular weight excluding hydrogens is 581 g/mol. The van der Waals surface area contributed by atoms with Crippen LogP contribution in [0, 0.1) is 0 Å². The van der Waals surface area contributed by atoms with Crippen LogP contribution in [0.3, 0.4) is 0 Å². The Kier molecular flexibility index (Phi) is 8.27. The highest BCUT2D eigenvalue weighted by atomic mass is 32.2. The summed E-state index contributed by atoms with van der Waals surface area (Å²) >= 11 is 1.22. The topological polar surface area (TPSA) is 102 Å². The predicted molar refractivity (Wildman–Crippen MR) is 158 cm³/mol. The van der Waals surface area contributed by atoms with E-state index >= 15 is 0 Å². The van der Waals surface area contributed by atoms with Crippen LogP contribution in [0.25, 0.3) is 17.1 Å². The SMILES string of the molecule is CCc1ccccc1N1C(=O)CS/C1=N\C(=O)NC(C)(C)c1ccc(-c2ncn(-c3ccc(OC(F)(F)F)cc3)n2)cc1. The van der Waals surface area contributed by atoms with Gasteiger partial charge in [0.25, 0.3) is 0 Å². The normalized spacial score (nSPS) is 14.8. The summed E-state index contributed by atoms with van der Waals surface area (Å²) in [6, 6.07) is 19.6. The second-order valence-corrected chi connectivity index (χ2v) is 11.0. The van der Waals surface area contributed by atoms with Crippen LogP contribution in [-0.4, -0.2) is 44.0 Å². The van der Waals surface area contributed by atoms with Gasteiger partial charge >= 0.3 is 12.4 Å². The van der Waals surface area contributed by atoms with E-state index in [9.17, 15) is 22.8 Å². The number of thioether (sulfide) groups is 1. The Morgan fingerprint density at radius 2 is 1.74 bits per heavy atom. The molecule has 1 N–H and O–H groups in total. The van der Waals surface area contributed by atoms with Gasteiger partial charge in [0.05, 0.1) is 22.7 Å². The zero-order valence-corrected chi connectivity index (χ0v) is 24.2. The number of amidine groups is 1. The molecule has 3 amide bonds. The van der Waals surface area contributed by atoms with Crippen LogP contribution >= 0.6 is 11.8 Å². The van der Waals surface area contributed by atoms with Gasteiger partial charge in [-0.3, -0.25) is 9.69 Å². The molecule has 1 aromatic heterocycles. The molecule has 1 saturated heterocycles. The Balaban J connectivity index is 1.27. The minimum Gasteiger partial charge on any atom is -0.406 e. The number of para-hydroxylation sites is 1. The highest BCUT2D eigenvalue weighted by Gasteiger charge is 2.33. The van der Waals surface area contributed by atoms with E-state index in [0.717, 1.165) is 23.2 Å². The van der Waals surface area contributed by atoms with Gasteiger partial charge < -0.3 is 10.1 Å². The maximum Gasteiger partial charge on any atom is 0.573 e. The van der Waals surface area contributed by atoms with Gasteiger partial charge in [-0.15, -0.1) is 18.3 Å². The average Bonchev–Trinajstić information content (AvgIpc) is 3.59. The summed E-state index contributed by atoms with van der Waals surface area (Å²) in [5.74, 6) is 0.154. The molecule has 0 radical (unpaired) electrons. The molecule has 0 saturated carbocycles. The molecule has 0 aliphatic carbocycles. The molecule has 0 spiro atoms. The Morgan fingerprint density at radius 3 is 2.42 bits per heavy atom. The molecule has 5 rings (SSSR count). The highest BCUT2D eigenvalue weighted by Crippen LogP contribution is 2.31. The standard InChI is InChI=1S/C30H27F3N6O3S/c1-4-19-7-5-6-8-24(19)39-25(40)17-43-28(39)35-27(41)36-29(2,3)21-11-9-20(10-12-21)26-34-18-38(37-26)22-13-15-23(16-14-22)42-30(31,32)33/h5-16,18H,4,17H2,1-3H3,(H,36,41)/b35-28-. The maximum atomic E-state index is 13.0. The third-order valence-corrected chi connectivity index (χ3v) is 7.61. The Hall–Kier alpha value is -4.65. The van der Waals surface area contributed by atoms with Gasteiger partial charge in [0, 0.05) is 5.56 Å². The number of aromatic nitrogens is 3. The molecule has 4 aromatic rings. The highest BCUT2D eigenvalue weighted by molar-refractivity contribution is 8.15. The van der Waals surface area contributed by atoms with Gasteiger partial charge in [0.2, 0.25) is 5.91 Å². The molecule has 2 heterocycles. The fourth-order valence-corrected chi connectivity index (χ4v) is 5.38. The van der Waals surface area contributed by atoms with Gasteiger partial charge in [-0.05, 0) is 61.7 Å². The zero-order valence-electron chi connectivity index (χ0n) is 23.4. The van der Waals surface area contributed by atoms with E-state index < -0.39 is 17.9 Å². The molecule has 43 heavy (non-hydrogen) atoms. The number of amides is 3. The average molecular weight is 609 g/mol. The van der Waals surface area contributed by atoms with Crippen molar-refractivity contribution < 1.29 is 27.5 Å². The van der Waals surface area contributed by atoms with Gasteiger partial charge in [-0.2, -0.15) is 4.99 Å². The van der Waals surface area contributed by atoms with Crippen molar-refractivity contribution in [3.05, 3.63) is 90.3 Å². The summed E-state index contributed by atoms with van der Waals surface area (Å²) < 4.78 is 42.6. The van der Waals surface area contributed by atoms with Gasteiger partial charge in [0.15, 0.2) is 11.0 Å². The van der Waals surface area contributed by atoms with E-state index in [2.05, 4.69) is 25.1 Å². The van der Waals surface area contributed by atoms with Crippen molar-refractivity contribution in [2.45, 2.75) is 39.1 Å². The lowest BCUT2D eigenvalue weighted by molar-refractivity contribution is -0.274. The number of carbonyl (C=O) groups excluding carboxylic acids is 2. The molecule has 0 atom stereocenters. The summed E-state index contributed by atoms with van der Waals surface area (Å²) in [6.45, 7) is 5.69. The summed E-state index contributed by atoms with van der Waals surface area (Å²) in [5.41, 5.74) is 2.92. The van der Waals surface area contributed by atoms with Crippen LogP contribution in [0.5, 0.6) is 5.75 Å². The molecule has 1 aliphatic rings. The number of aryl methyl sites for hydroxylation is 1. The van der Waals surface area contributed by atoms with Crippen LogP contribution in [0.2, 0.25) is 0 Å². The lowest BCUT2D eigenvalue weighted by atomic mass is 9.93. The smallest absolute Gasteiger partial charge is 0.406 e. The van der Waals surface area contributed by atoms with Crippen molar-refractivity contribution in [3.8, 4) is 22.8 Å². The van der Waals surface area contributed by atoms with Crippen molar-refractivity contribution in [1.29, 1.82) is 0 Å². The molecule has 0 bridgehead atoms. The molecule has 1 aliphatic heterocycles. The second kappa shape index (κ2) is 11.9. The van der Waals surface area contributed by atoms with Crippen molar-refractivity contribution >= 4 is 34.6 Å². The molecule has 9 nitrogen and oxygen atoms in total. The van der Waals surface area contributed by atoms with Gasteiger partial charge in [-0.25, -0.2) is 14.5 Å². The number of nitrogens with zero attached hydrogens (tertiary/aromatic N) is 5. The van der Waals surface area contributed by atoms with Crippen molar-refractivity contribution in [3.63, 3.8) is 0 Å². The lowest BCUT2D eigenvalue weighted by Crippen LogP contribution is -2.40. The number of rotatable bonds is 7. The Morgan fingerprint density at radius 1 is 1.05 bits per heavy atom. The lowest BCUT2D eigenvalue weighted by Gasteiger charge is -2.26. The largest absolute Gasteiger partial charge is 0.573 e. The van der Waals surface area contributed by atoms with E-state index in [1.165, 1.54) is 51.9 Å². The number of aliphatic imine (C=N–C) groups is 1. The number of anilines is 1. The number of hydrogen-bond donors (Lipinski definition) is 1. The Labute approximate surface area is 249 Å². The minimum atomic E-state index is -4.77. The first-order chi connectivity index (χ1) is 20.4. The van der Waals surface area contributed by atoms with Gasteiger partial charge in [-0.1, -0.05) is 61.2 Å². The number of hydrogen-bond acceptors (Lipinski definition) is 6. The summed E-state index contributed by atoms with van der Waals surface area (Å²) in [7, 11) is 0. The summed E-state index contributed by atoms with van der Waals surface area (Å²) in [6.07, 6.45) is -2.58. The van der Waals surface area contributed by atoms with Crippen LogP contribution in [-0.2, 0) is 16.8 Å². The van der Waals surface area contributed by atoms with Crippen LogP contribution in [0.4, 0.5) is 23.7 Å². The van der Waals surface area contributed by atoms with Crippen LogP contribution in [0.15, 0.2) is 84.1 Å². The van der Waals surface area contributed by atoms with E-state index in [-0.39, 0.29) is 17.4 Å². The van der Waals surface area contributed by atoms with E-state index in [0.29, 0.717) is 22.2 Å². The van der Waals surface area contributed by atoms with Crippen LogP contribution in [0.1, 0.15) is 31.9 Å². The third kappa shape index (κ3) is 6.88. The maximum absolute atomic E-state index is 13.0. The fraction of sp³-hybridized carbons (Fsp3) is 0.233. The fourth-order valence-electron chi connectivity index (χ4n) is 4.52. The second-order valence-electron chi connectivity index (χ2n) is 10.1. The van der Waals surface area contributed by atoms with E-state index in [1.807, 2.05) is 69.3 Å². The number of alkyl halides is 3. The Bertz CT molecular complexity index is 1670. The molecule has 13 heteroatoms. The summed E-state index contributed by atoms with van der Waals surface area (Å²) in [4.78, 5) is 35.7. The third-order valence-electron chi connectivity index (χ3n) is 6.69. The molecule has 222 valence electrons. The number of urea groups is 1. The number of carbonyl (C=O) groups is 2. The first kappa shape index (κ1) is 29.8. The quantitative estimate of drug-likeness (QED) is 0.258. The zero-order chi connectivity index (χ0) is 30.8. The molecule has 3 aromatic carbocycles. The van der Waals surface area contributed by atoms with Crippen molar-refractivity contribution in [1.82, 2.24) is 20.1 Å².